The largest absolute Gasteiger partial charge is 0.497 e. The van der Waals surface area contributed by atoms with E-state index in [9.17, 15) is 4.79 Å². The normalized spacial score (nSPS) is 19.5. The van der Waals surface area contributed by atoms with Crippen molar-refractivity contribution < 1.29 is 19.0 Å². The second kappa shape index (κ2) is 17.4. The monoisotopic (exact) mass is 736 g/mol. The Kier molecular flexibility index (Phi) is 12.7. The standard InChI is InChI=1S/C46H56N2O4.ClH/c1-50-41-19-18-34-28-37(29-36(34)30-41)44(49)47-25-12-22-46(39-14-6-4-7-15-39,40-16-8-5-9-17-40)23-13-27-48-26-11-10-21-45(48)24-20-35-31-42(51-2)43(52-3)32-38(35)33-45;/h4-9,14-19,30-32,37H,10-13,20-29,33H2,1-3H3,(H,47,49);1H. The Morgan fingerprint density at radius 2 is 1.42 bits per heavy atom. The van der Waals surface area contributed by atoms with Crippen LogP contribution in [0.5, 0.6) is 17.2 Å². The Bertz CT molecular complexity index is 1780. The molecule has 7 rings (SSSR count). The Balaban J connectivity index is 0.00000481. The van der Waals surface area contributed by atoms with Gasteiger partial charge in [-0.25, -0.2) is 0 Å². The third-order valence-corrected chi connectivity index (χ3v) is 12.6. The van der Waals surface area contributed by atoms with E-state index in [1.807, 2.05) is 6.07 Å². The van der Waals surface area contributed by atoms with Gasteiger partial charge in [-0.3, -0.25) is 9.69 Å². The van der Waals surface area contributed by atoms with Gasteiger partial charge in [-0.1, -0.05) is 73.2 Å². The predicted molar refractivity (Wildman–Crippen MR) is 216 cm³/mol. The number of fused-ring (bicyclic) bond motifs is 2. The molecule has 0 radical (unpaired) electrons. The Hall–Kier alpha value is -4.00. The average molecular weight is 737 g/mol. The third kappa shape index (κ3) is 8.24. The molecule has 1 amide bonds. The highest BCUT2D eigenvalue weighted by Crippen LogP contribution is 2.45. The Morgan fingerprint density at radius 1 is 0.755 bits per heavy atom. The number of aryl methyl sites for hydroxylation is 1. The Morgan fingerprint density at radius 3 is 2.09 bits per heavy atom. The molecule has 3 aliphatic rings. The van der Waals surface area contributed by atoms with Crippen LogP contribution in [0.25, 0.3) is 0 Å². The highest BCUT2D eigenvalue weighted by Gasteiger charge is 2.42. The van der Waals surface area contributed by atoms with Gasteiger partial charge < -0.3 is 19.5 Å². The number of carbonyl (C=O) groups is 1. The first-order valence-corrected chi connectivity index (χ1v) is 19.5. The van der Waals surface area contributed by atoms with Gasteiger partial charge in [0, 0.05) is 23.4 Å². The van der Waals surface area contributed by atoms with E-state index in [0.717, 1.165) is 81.7 Å². The van der Waals surface area contributed by atoms with Crippen molar-refractivity contribution in [1.29, 1.82) is 0 Å². The summed E-state index contributed by atoms with van der Waals surface area (Å²) < 4.78 is 16.8. The zero-order valence-corrected chi connectivity index (χ0v) is 32.6. The highest BCUT2D eigenvalue weighted by molar-refractivity contribution is 5.85. The van der Waals surface area contributed by atoms with Gasteiger partial charge in [0.1, 0.15) is 5.75 Å². The first-order chi connectivity index (χ1) is 25.5. The fourth-order valence-corrected chi connectivity index (χ4v) is 9.76. The number of hydrogen-bond donors (Lipinski definition) is 1. The molecule has 4 aromatic rings. The molecule has 282 valence electrons. The van der Waals surface area contributed by atoms with Crippen molar-refractivity contribution in [1.82, 2.24) is 10.2 Å². The van der Waals surface area contributed by atoms with Crippen LogP contribution in [0.4, 0.5) is 0 Å². The number of rotatable bonds is 14. The van der Waals surface area contributed by atoms with Gasteiger partial charge in [-0.2, -0.15) is 0 Å². The molecule has 1 heterocycles. The predicted octanol–water partition coefficient (Wildman–Crippen LogP) is 8.93. The molecule has 2 aliphatic carbocycles. The number of carbonyl (C=O) groups excluding carboxylic acids is 1. The fourth-order valence-electron chi connectivity index (χ4n) is 9.76. The average Bonchev–Trinajstić information content (AvgIpc) is 3.63. The van der Waals surface area contributed by atoms with E-state index in [1.54, 1.807) is 21.3 Å². The molecule has 1 spiro atoms. The zero-order valence-electron chi connectivity index (χ0n) is 31.8. The molecule has 1 fully saturated rings. The first-order valence-electron chi connectivity index (χ1n) is 19.5. The Labute approximate surface area is 323 Å². The second-order valence-electron chi connectivity index (χ2n) is 15.4. The number of benzene rings is 4. The molecule has 1 saturated heterocycles. The van der Waals surface area contributed by atoms with E-state index < -0.39 is 0 Å². The number of methoxy groups -OCH3 is 3. The maximum Gasteiger partial charge on any atom is 0.223 e. The van der Waals surface area contributed by atoms with Gasteiger partial charge in [-0.15, -0.1) is 12.4 Å². The van der Waals surface area contributed by atoms with E-state index in [1.165, 1.54) is 59.1 Å². The number of hydrogen-bond acceptors (Lipinski definition) is 5. The number of amides is 1. The molecule has 0 bridgehead atoms. The lowest BCUT2D eigenvalue weighted by molar-refractivity contribution is -0.124. The van der Waals surface area contributed by atoms with E-state index >= 15 is 0 Å². The molecule has 2 unspecified atom stereocenters. The molecule has 2 atom stereocenters. The summed E-state index contributed by atoms with van der Waals surface area (Å²) in [5.41, 5.74) is 8.12. The van der Waals surface area contributed by atoms with Crippen LogP contribution in [0.3, 0.4) is 0 Å². The number of halogens is 1. The lowest BCUT2D eigenvalue weighted by atomic mass is 9.68. The minimum absolute atomic E-state index is 0. The maximum absolute atomic E-state index is 13.4. The molecule has 1 aliphatic heterocycles. The van der Waals surface area contributed by atoms with Crippen LogP contribution in [0, 0.1) is 5.92 Å². The third-order valence-electron chi connectivity index (χ3n) is 12.6. The molecule has 1 N–H and O–H groups in total. The van der Waals surface area contributed by atoms with E-state index in [4.69, 9.17) is 14.2 Å². The molecule has 0 aromatic heterocycles. The first kappa shape index (κ1) is 38.7. The van der Waals surface area contributed by atoms with Crippen molar-refractivity contribution in [3.05, 3.63) is 124 Å². The van der Waals surface area contributed by atoms with E-state index in [2.05, 4.69) is 95.1 Å². The summed E-state index contributed by atoms with van der Waals surface area (Å²) in [6.07, 6.45) is 12.8. The van der Waals surface area contributed by atoms with E-state index in [0.29, 0.717) is 6.54 Å². The van der Waals surface area contributed by atoms with Crippen LogP contribution < -0.4 is 19.5 Å². The van der Waals surface area contributed by atoms with Crippen LogP contribution in [-0.2, 0) is 35.9 Å². The smallest absolute Gasteiger partial charge is 0.223 e. The SMILES string of the molecule is COc1ccc2c(c1)CC(C(=O)NCCCC(CCCN1CCCCC13CCc1cc(OC)c(OC)cc1C3)(c1ccccc1)c1ccccc1)C2.Cl. The van der Waals surface area contributed by atoms with Gasteiger partial charge in [0.05, 0.1) is 21.3 Å². The zero-order chi connectivity index (χ0) is 36.0. The summed E-state index contributed by atoms with van der Waals surface area (Å²) in [7, 11) is 5.16. The number of nitrogens with zero attached hydrogens (tertiary/aromatic N) is 1. The highest BCUT2D eigenvalue weighted by atomic mass is 35.5. The van der Waals surface area contributed by atoms with Gasteiger partial charge >= 0.3 is 0 Å². The molecular weight excluding hydrogens is 680 g/mol. The van der Waals surface area contributed by atoms with Crippen LogP contribution in [0.2, 0.25) is 0 Å². The van der Waals surface area contributed by atoms with Crippen LogP contribution in [-0.4, -0.2) is 57.3 Å². The summed E-state index contributed by atoms with van der Waals surface area (Å²) in [5, 5.41) is 3.34. The van der Waals surface area contributed by atoms with E-state index in [-0.39, 0.29) is 35.2 Å². The minimum Gasteiger partial charge on any atom is -0.497 e. The lowest BCUT2D eigenvalue weighted by Crippen LogP contribution is -2.55. The molecule has 0 saturated carbocycles. The van der Waals surface area contributed by atoms with Gasteiger partial charge in [0.2, 0.25) is 5.91 Å². The van der Waals surface area contributed by atoms with Crippen LogP contribution in [0.1, 0.15) is 84.7 Å². The molecule has 4 aromatic carbocycles. The quantitative estimate of drug-likeness (QED) is 0.131. The lowest BCUT2D eigenvalue weighted by Gasteiger charge is -2.50. The molecule has 53 heavy (non-hydrogen) atoms. The van der Waals surface area contributed by atoms with Crippen molar-refractivity contribution in [3.8, 4) is 17.2 Å². The van der Waals surface area contributed by atoms with Crippen molar-refractivity contribution in [2.75, 3.05) is 41.0 Å². The topological polar surface area (TPSA) is 60.0 Å². The van der Waals surface area contributed by atoms with Crippen molar-refractivity contribution >= 4 is 18.3 Å². The van der Waals surface area contributed by atoms with Crippen molar-refractivity contribution in [3.63, 3.8) is 0 Å². The number of likely N-dealkylation sites (tertiary alicyclic amines) is 1. The van der Waals surface area contributed by atoms with Crippen LogP contribution in [0.15, 0.2) is 91.0 Å². The van der Waals surface area contributed by atoms with Gasteiger partial charge in [-0.05, 0) is 141 Å². The van der Waals surface area contributed by atoms with Gasteiger partial charge in [0.25, 0.3) is 0 Å². The summed E-state index contributed by atoms with van der Waals surface area (Å²) in [6, 6.07) is 32.9. The number of nitrogens with one attached hydrogen (secondary N) is 1. The maximum atomic E-state index is 13.4. The van der Waals surface area contributed by atoms with Crippen LogP contribution >= 0.6 is 12.4 Å². The molecule has 6 nitrogen and oxygen atoms in total. The fraction of sp³-hybridized carbons (Fsp3) is 0.457. The molecular formula is C46H57ClN2O4. The van der Waals surface area contributed by atoms with Crippen molar-refractivity contribution in [2.45, 2.75) is 88.0 Å². The summed E-state index contributed by atoms with van der Waals surface area (Å²) in [6.45, 7) is 2.93. The number of piperidine rings is 1. The van der Waals surface area contributed by atoms with Gasteiger partial charge in [0.15, 0.2) is 11.5 Å². The summed E-state index contributed by atoms with van der Waals surface area (Å²) in [5.74, 6) is 2.68. The number of ether oxygens (including phenoxy) is 3. The summed E-state index contributed by atoms with van der Waals surface area (Å²) >= 11 is 0. The summed E-state index contributed by atoms with van der Waals surface area (Å²) in [4.78, 5) is 16.3. The minimum atomic E-state index is -0.139. The second-order valence-corrected chi connectivity index (χ2v) is 15.4. The van der Waals surface area contributed by atoms with Crippen molar-refractivity contribution in [2.24, 2.45) is 5.92 Å². The molecule has 7 heteroatoms.